The van der Waals surface area contributed by atoms with Gasteiger partial charge in [-0.05, 0) is 35.6 Å². The van der Waals surface area contributed by atoms with Crippen molar-refractivity contribution < 1.29 is 23.9 Å². The Balaban J connectivity index is 1.61. The van der Waals surface area contributed by atoms with Gasteiger partial charge in [0.15, 0.2) is 11.0 Å². The van der Waals surface area contributed by atoms with Crippen molar-refractivity contribution in [1.29, 1.82) is 0 Å². The summed E-state index contributed by atoms with van der Waals surface area (Å²) in [5.41, 5.74) is 7.14. The number of ether oxygens (including phenoxy) is 2. The maximum absolute atomic E-state index is 12.6. The molecule has 0 fully saturated rings. The van der Waals surface area contributed by atoms with Gasteiger partial charge in [-0.3, -0.25) is 9.59 Å². The van der Waals surface area contributed by atoms with E-state index in [2.05, 4.69) is 36.3 Å². The zero-order valence-electron chi connectivity index (χ0n) is 21.0. The molecule has 0 bridgehead atoms. The van der Waals surface area contributed by atoms with Crippen LogP contribution < -0.4 is 15.8 Å². The van der Waals surface area contributed by atoms with Gasteiger partial charge in [-0.25, -0.2) is 4.79 Å². The van der Waals surface area contributed by atoms with Crippen molar-refractivity contribution in [3.05, 3.63) is 51.7 Å². The Labute approximate surface area is 217 Å². The SMILES string of the molecule is COC(=O)c1c(NC(=O)CSc2nnc(COc3ccc(C(C)(C)C)cc3)n2C)sc(C(N)=O)c1C. The average Bonchev–Trinajstić information content (AvgIpc) is 3.34. The molecule has 2 heterocycles. The number of hydrogen-bond donors (Lipinski definition) is 2. The van der Waals surface area contributed by atoms with Crippen molar-refractivity contribution >= 4 is 45.9 Å². The lowest BCUT2D eigenvalue weighted by Gasteiger charge is -2.19. The molecule has 0 aliphatic heterocycles. The summed E-state index contributed by atoms with van der Waals surface area (Å²) in [6.45, 7) is 8.26. The fourth-order valence-corrected chi connectivity index (χ4v) is 5.07. The molecule has 12 heteroatoms. The van der Waals surface area contributed by atoms with Crippen LogP contribution in [0.15, 0.2) is 29.4 Å². The number of aromatic nitrogens is 3. The number of thioether (sulfide) groups is 1. The quantitative estimate of drug-likeness (QED) is 0.315. The normalized spacial score (nSPS) is 11.3. The Morgan fingerprint density at radius 1 is 1.17 bits per heavy atom. The molecule has 0 aliphatic rings. The number of amides is 2. The predicted octanol–water partition coefficient (Wildman–Crippen LogP) is 3.68. The molecule has 3 N–H and O–H groups in total. The summed E-state index contributed by atoms with van der Waals surface area (Å²) in [4.78, 5) is 36.6. The number of anilines is 1. The van der Waals surface area contributed by atoms with Crippen molar-refractivity contribution in [3.63, 3.8) is 0 Å². The average molecular weight is 532 g/mol. The first-order chi connectivity index (χ1) is 16.9. The number of thiophene rings is 1. The van der Waals surface area contributed by atoms with Crippen LogP contribution in [0.2, 0.25) is 0 Å². The van der Waals surface area contributed by atoms with E-state index in [-0.39, 0.29) is 39.1 Å². The summed E-state index contributed by atoms with van der Waals surface area (Å²) in [6, 6.07) is 7.93. The molecule has 1 aromatic carbocycles. The van der Waals surface area contributed by atoms with Gasteiger partial charge in [-0.15, -0.1) is 21.5 Å². The minimum absolute atomic E-state index is 0.00452. The highest BCUT2D eigenvalue weighted by molar-refractivity contribution is 7.99. The summed E-state index contributed by atoms with van der Waals surface area (Å²) in [7, 11) is 3.01. The standard InChI is InChI=1S/C24H29N5O5S2/c1-13-18(22(32)33-6)21(36-19(13)20(25)31)26-17(30)12-35-23-28-27-16(29(23)5)11-34-15-9-7-14(8-10-15)24(2,3)4/h7-10H,11-12H2,1-6H3,(H2,25,31)(H,26,30). The van der Waals surface area contributed by atoms with Crippen molar-refractivity contribution in [1.82, 2.24) is 14.8 Å². The molecule has 0 saturated heterocycles. The number of primary amides is 1. The zero-order chi connectivity index (χ0) is 26.6. The minimum atomic E-state index is -0.684. The van der Waals surface area contributed by atoms with E-state index in [4.69, 9.17) is 15.2 Å². The Morgan fingerprint density at radius 3 is 2.42 bits per heavy atom. The third-order valence-corrected chi connectivity index (χ3v) is 7.60. The summed E-state index contributed by atoms with van der Waals surface area (Å²) >= 11 is 2.11. The van der Waals surface area contributed by atoms with Crippen molar-refractivity contribution in [2.45, 2.75) is 44.9 Å². The molecule has 10 nitrogen and oxygen atoms in total. The van der Waals surface area contributed by atoms with Crippen LogP contribution >= 0.6 is 23.1 Å². The largest absolute Gasteiger partial charge is 0.486 e. The number of nitrogens with two attached hydrogens (primary N) is 1. The molecule has 2 aromatic heterocycles. The van der Waals surface area contributed by atoms with Gasteiger partial charge in [0, 0.05) is 7.05 Å². The molecular formula is C24H29N5O5S2. The van der Waals surface area contributed by atoms with Gasteiger partial charge in [-0.1, -0.05) is 44.7 Å². The highest BCUT2D eigenvalue weighted by Gasteiger charge is 2.25. The number of rotatable bonds is 9. The van der Waals surface area contributed by atoms with Gasteiger partial charge in [0.2, 0.25) is 5.91 Å². The number of hydrogen-bond acceptors (Lipinski definition) is 9. The van der Waals surface area contributed by atoms with Crippen molar-refractivity contribution in [2.24, 2.45) is 12.8 Å². The number of benzene rings is 1. The van der Waals surface area contributed by atoms with Crippen LogP contribution in [0.1, 0.15) is 57.8 Å². The number of nitrogens with zero attached hydrogens (tertiary/aromatic N) is 3. The molecule has 0 saturated carbocycles. The van der Waals surface area contributed by atoms with E-state index < -0.39 is 11.9 Å². The van der Waals surface area contributed by atoms with Crippen LogP contribution in [-0.4, -0.2) is 45.4 Å². The minimum Gasteiger partial charge on any atom is -0.486 e. The van der Waals surface area contributed by atoms with Gasteiger partial charge >= 0.3 is 5.97 Å². The van der Waals surface area contributed by atoms with Crippen LogP contribution in [0.25, 0.3) is 0 Å². The lowest BCUT2D eigenvalue weighted by atomic mass is 9.87. The van der Waals surface area contributed by atoms with Gasteiger partial charge in [0.05, 0.1) is 23.3 Å². The maximum Gasteiger partial charge on any atom is 0.341 e. The first kappa shape index (κ1) is 27.2. The molecule has 192 valence electrons. The summed E-state index contributed by atoms with van der Waals surface area (Å²) in [6.07, 6.45) is 0. The fourth-order valence-electron chi connectivity index (χ4n) is 3.27. The number of esters is 1. The first-order valence-electron chi connectivity index (χ1n) is 11.0. The highest BCUT2D eigenvalue weighted by atomic mass is 32.2. The van der Waals surface area contributed by atoms with Crippen LogP contribution in [-0.2, 0) is 28.6 Å². The van der Waals surface area contributed by atoms with E-state index >= 15 is 0 Å². The molecular weight excluding hydrogens is 502 g/mol. The van der Waals surface area contributed by atoms with E-state index in [9.17, 15) is 14.4 Å². The Morgan fingerprint density at radius 2 is 1.83 bits per heavy atom. The summed E-state index contributed by atoms with van der Waals surface area (Å²) in [5, 5.41) is 11.7. The lowest BCUT2D eigenvalue weighted by molar-refractivity contribution is -0.113. The van der Waals surface area contributed by atoms with Crippen LogP contribution in [0.4, 0.5) is 5.00 Å². The molecule has 0 aliphatic carbocycles. The molecule has 36 heavy (non-hydrogen) atoms. The Hall–Kier alpha value is -3.38. The van der Waals surface area contributed by atoms with E-state index in [1.165, 1.54) is 24.4 Å². The Bertz CT molecular complexity index is 1280. The second-order valence-corrected chi connectivity index (χ2v) is 10.9. The summed E-state index contributed by atoms with van der Waals surface area (Å²) < 4.78 is 12.4. The molecule has 0 unspecified atom stereocenters. The first-order valence-corrected chi connectivity index (χ1v) is 12.8. The van der Waals surface area contributed by atoms with E-state index in [1.807, 2.05) is 24.3 Å². The van der Waals surface area contributed by atoms with Gasteiger partial charge in [-0.2, -0.15) is 0 Å². The number of carbonyl (C=O) groups excluding carboxylic acids is 3. The molecule has 3 aromatic rings. The molecule has 2 amide bonds. The van der Waals surface area contributed by atoms with E-state index in [1.54, 1.807) is 18.5 Å². The third kappa shape index (κ3) is 6.24. The van der Waals surface area contributed by atoms with Gasteiger partial charge in [0.25, 0.3) is 5.91 Å². The van der Waals surface area contributed by atoms with Gasteiger partial charge in [0.1, 0.15) is 17.4 Å². The highest BCUT2D eigenvalue weighted by Crippen LogP contribution is 2.33. The second-order valence-electron chi connectivity index (χ2n) is 8.97. The molecule has 3 rings (SSSR count). The van der Waals surface area contributed by atoms with Crippen molar-refractivity contribution in [3.8, 4) is 5.75 Å². The fraction of sp³-hybridized carbons (Fsp3) is 0.375. The van der Waals surface area contributed by atoms with Crippen molar-refractivity contribution in [2.75, 3.05) is 18.2 Å². The molecule has 0 radical (unpaired) electrons. The maximum atomic E-state index is 12.6. The zero-order valence-corrected chi connectivity index (χ0v) is 22.6. The molecule has 0 atom stereocenters. The summed E-state index contributed by atoms with van der Waals surface area (Å²) in [5.74, 6) is -0.401. The van der Waals surface area contributed by atoms with Crippen LogP contribution in [0, 0.1) is 6.92 Å². The van der Waals surface area contributed by atoms with Crippen LogP contribution in [0.5, 0.6) is 5.75 Å². The molecule has 0 spiro atoms. The van der Waals surface area contributed by atoms with Gasteiger partial charge < -0.3 is 25.1 Å². The van der Waals surface area contributed by atoms with E-state index in [0.29, 0.717) is 16.5 Å². The Kier molecular flexibility index (Phi) is 8.41. The number of carbonyl (C=O) groups is 3. The smallest absolute Gasteiger partial charge is 0.341 e. The topological polar surface area (TPSA) is 138 Å². The third-order valence-electron chi connectivity index (χ3n) is 5.36. The number of nitrogens with one attached hydrogen (secondary N) is 1. The number of methoxy groups -OCH3 is 1. The predicted molar refractivity (Wildman–Crippen MR) is 139 cm³/mol. The monoisotopic (exact) mass is 531 g/mol. The lowest BCUT2D eigenvalue weighted by Crippen LogP contribution is -2.16. The van der Waals surface area contributed by atoms with Crippen LogP contribution in [0.3, 0.4) is 0 Å². The van der Waals surface area contributed by atoms with E-state index in [0.717, 1.165) is 17.1 Å². The second kappa shape index (κ2) is 11.1.